The lowest BCUT2D eigenvalue weighted by Gasteiger charge is -2.20. The standard InChI is InChI=1S/C22H15N5OS.C6H13N/c1-13-25-17-9-16(7-8-19(17)29-13)21-20(15-5-3-14(10-23)4-6-15)26-22(28-2)18-11-24-12-27(18)21;1-7-5-3-2-4-6-7/h3-9,11-12H,1-2H3;2-6H2,1H3. The minimum atomic E-state index is 0.496. The second-order valence-corrected chi connectivity index (χ2v) is 10.2. The summed E-state index contributed by atoms with van der Waals surface area (Å²) in [5.41, 5.74) is 5.88. The zero-order valence-corrected chi connectivity index (χ0v) is 21.5. The van der Waals surface area contributed by atoms with Crippen LogP contribution in [0.3, 0.4) is 0 Å². The number of hydrogen-bond acceptors (Lipinski definition) is 7. The number of methoxy groups -OCH3 is 1. The molecule has 4 heterocycles. The van der Waals surface area contributed by atoms with Crippen LogP contribution in [0.1, 0.15) is 29.8 Å². The highest BCUT2D eigenvalue weighted by Gasteiger charge is 2.19. The van der Waals surface area contributed by atoms with Crippen molar-refractivity contribution in [2.75, 3.05) is 27.2 Å². The monoisotopic (exact) mass is 496 g/mol. The minimum Gasteiger partial charge on any atom is -0.479 e. The van der Waals surface area contributed by atoms with E-state index in [1.165, 1.54) is 32.4 Å². The van der Waals surface area contributed by atoms with Crippen LogP contribution in [0.2, 0.25) is 0 Å². The molecule has 0 atom stereocenters. The van der Waals surface area contributed by atoms with E-state index in [2.05, 4.69) is 46.2 Å². The fourth-order valence-electron chi connectivity index (χ4n) is 4.53. The van der Waals surface area contributed by atoms with Gasteiger partial charge in [0.05, 0.1) is 57.9 Å². The Bertz CT molecular complexity index is 1540. The quantitative estimate of drug-likeness (QED) is 0.306. The Kier molecular flexibility index (Phi) is 6.94. The van der Waals surface area contributed by atoms with E-state index in [1.807, 2.05) is 23.5 Å². The molecule has 2 aromatic carbocycles. The van der Waals surface area contributed by atoms with Crippen molar-refractivity contribution < 1.29 is 4.74 Å². The van der Waals surface area contributed by atoms with Crippen molar-refractivity contribution in [1.29, 1.82) is 5.26 Å². The molecule has 0 unspecified atom stereocenters. The maximum absolute atomic E-state index is 9.13. The van der Waals surface area contributed by atoms with E-state index in [4.69, 9.17) is 15.0 Å². The summed E-state index contributed by atoms with van der Waals surface area (Å²) in [5.74, 6) is 0.496. The number of nitrogens with zero attached hydrogens (tertiary/aromatic N) is 6. The normalized spacial score (nSPS) is 13.8. The maximum atomic E-state index is 9.13. The number of aromatic nitrogens is 4. The number of aryl methyl sites for hydroxylation is 1. The summed E-state index contributed by atoms with van der Waals surface area (Å²) in [6.07, 6.45) is 7.78. The molecule has 182 valence electrons. The third kappa shape index (κ3) is 4.81. The first-order valence-electron chi connectivity index (χ1n) is 12.0. The molecule has 0 N–H and O–H groups in total. The van der Waals surface area contributed by atoms with Gasteiger partial charge in [0.1, 0.15) is 5.52 Å². The van der Waals surface area contributed by atoms with Crippen molar-refractivity contribution in [3.63, 3.8) is 0 Å². The summed E-state index contributed by atoms with van der Waals surface area (Å²) in [4.78, 5) is 16.1. The number of piperidine rings is 1. The first-order chi connectivity index (χ1) is 17.6. The molecular weight excluding hydrogens is 468 g/mol. The number of nitriles is 1. The van der Waals surface area contributed by atoms with Gasteiger partial charge in [-0.2, -0.15) is 5.26 Å². The molecule has 0 radical (unpaired) electrons. The summed E-state index contributed by atoms with van der Waals surface area (Å²) in [6.45, 7) is 4.65. The average Bonchev–Trinajstić information content (AvgIpc) is 3.54. The van der Waals surface area contributed by atoms with Crippen LogP contribution in [0.4, 0.5) is 0 Å². The van der Waals surface area contributed by atoms with E-state index in [0.717, 1.165) is 43.3 Å². The molecule has 6 rings (SSSR count). The number of hydrogen-bond donors (Lipinski definition) is 0. The lowest BCUT2D eigenvalue weighted by Crippen LogP contribution is -2.24. The zero-order chi connectivity index (χ0) is 25.1. The lowest BCUT2D eigenvalue weighted by atomic mass is 10.0. The van der Waals surface area contributed by atoms with Crippen molar-refractivity contribution in [2.45, 2.75) is 26.2 Å². The summed E-state index contributed by atoms with van der Waals surface area (Å²) in [5, 5.41) is 10.2. The number of fused-ring (bicyclic) bond motifs is 2. The first-order valence-corrected chi connectivity index (χ1v) is 12.9. The van der Waals surface area contributed by atoms with Crippen molar-refractivity contribution in [3.8, 4) is 34.5 Å². The molecule has 0 amide bonds. The number of imidazole rings is 1. The van der Waals surface area contributed by atoms with E-state index >= 15 is 0 Å². The highest BCUT2D eigenvalue weighted by atomic mass is 32.1. The van der Waals surface area contributed by atoms with Crippen molar-refractivity contribution in [3.05, 3.63) is 65.6 Å². The van der Waals surface area contributed by atoms with Crippen LogP contribution in [-0.2, 0) is 0 Å². The molecule has 7 nitrogen and oxygen atoms in total. The van der Waals surface area contributed by atoms with Crippen LogP contribution in [0.25, 0.3) is 38.2 Å². The molecule has 36 heavy (non-hydrogen) atoms. The van der Waals surface area contributed by atoms with E-state index in [1.54, 1.807) is 43.1 Å². The molecule has 1 aliphatic rings. The molecule has 0 aliphatic carbocycles. The Balaban J connectivity index is 0.000000330. The minimum absolute atomic E-state index is 0.496. The van der Waals surface area contributed by atoms with Gasteiger partial charge in [-0.05, 0) is 64.2 Å². The number of benzene rings is 2. The average molecular weight is 497 g/mol. The third-order valence-electron chi connectivity index (χ3n) is 6.36. The van der Waals surface area contributed by atoms with Crippen molar-refractivity contribution >= 4 is 27.1 Å². The predicted octanol–water partition coefficient (Wildman–Crippen LogP) is 5.96. The highest BCUT2D eigenvalue weighted by molar-refractivity contribution is 7.18. The zero-order valence-electron chi connectivity index (χ0n) is 20.7. The third-order valence-corrected chi connectivity index (χ3v) is 7.32. The molecule has 1 aliphatic heterocycles. The largest absolute Gasteiger partial charge is 0.479 e. The SMILES string of the molecule is CN1CCCCC1.COc1nc(-c2ccc(C#N)cc2)c(-c2ccc3sc(C)nc3c2)n2cncc12. The molecule has 1 saturated heterocycles. The molecule has 8 heteroatoms. The molecule has 3 aromatic heterocycles. The molecule has 0 spiro atoms. The smallest absolute Gasteiger partial charge is 0.240 e. The molecule has 0 saturated carbocycles. The fourth-order valence-corrected chi connectivity index (χ4v) is 5.34. The number of thiazole rings is 1. The Hall–Kier alpha value is -3.80. The second-order valence-electron chi connectivity index (χ2n) is 8.94. The fraction of sp³-hybridized carbons (Fsp3) is 0.286. The van der Waals surface area contributed by atoms with Gasteiger partial charge in [0.25, 0.3) is 0 Å². The molecule has 1 fully saturated rings. The van der Waals surface area contributed by atoms with Crippen LogP contribution < -0.4 is 4.74 Å². The van der Waals surface area contributed by atoms with Gasteiger partial charge >= 0.3 is 0 Å². The van der Waals surface area contributed by atoms with Gasteiger partial charge in [0, 0.05) is 11.1 Å². The molecular formula is C28H28N6OS. The van der Waals surface area contributed by atoms with Gasteiger partial charge in [-0.3, -0.25) is 4.40 Å². The van der Waals surface area contributed by atoms with E-state index in [0.29, 0.717) is 11.4 Å². The second kappa shape index (κ2) is 10.4. The highest BCUT2D eigenvalue weighted by Crippen LogP contribution is 2.36. The van der Waals surface area contributed by atoms with Gasteiger partial charge < -0.3 is 9.64 Å². The van der Waals surface area contributed by atoms with Gasteiger partial charge in [-0.15, -0.1) is 11.3 Å². The number of rotatable bonds is 3. The van der Waals surface area contributed by atoms with E-state index < -0.39 is 0 Å². The predicted molar refractivity (Wildman–Crippen MR) is 144 cm³/mol. The van der Waals surface area contributed by atoms with Crippen molar-refractivity contribution in [2.24, 2.45) is 0 Å². The lowest BCUT2D eigenvalue weighted by molar-refractivity contribution is 0.277. The maximum Gasteiger partial charge on any atom is 0.240 e. The Morgan fingerprint density at radius 2 is 1.75 bits per heavy atom. The number of likely N-dealkylation sites (tertiary alicyclic amines) is 1. The summed E-state index contributed by atoms with van der Waals surface area (Å²) in [6, 6.07) is 15.8. The topological polar surface area (TPSA) is 79.3 Å². The van der Waals surface area contributed by atoms with Crippen LogP contribution in [0.5, 0.6) is 5.88 Å². The van der Waals surface area contributed by atoms with Crippen LogP contribution >= 0.6 is 11.3 Å². The summed E-state index contributed by atoms with van der Waals surface area (Å²) >= 11 is 1.68. The van der Waals surface area contributed by atoms with E-state index in [-0.39, 0.29) is 0 Å². The number of ether oxygens (including phenoxy) is 1. The molecule has 5 aromatic rings. The van der Waals surface area contributed by atoms with Crippen LogP contribution in [-0.4, -0.2) is 51.5 Å². The Morgan fingerprint density at radius 3 is 2.42 bits per heavy atom. The summed E-state index contributed by atoms with van der Waals surface area (Å²) < 4.78 is 8.66. The van der Waals surface area contributed by atoms with Crippen molar-refractivity contribution in [1.82, 2.24) is 24.3 Å². The first kappa shape index (κ1) is 23.9. The van der Waals surface area contributed by atoms with Crippen LogP contribution in [0, 0.1) is 18.3 Å². The molecule has 0 bridgehead atoms. The Morgan fingerprint density at radius 1 is 1.00 bits per heavy atom. The van der Waals surface area contributed by atoms with Gasteiger partial charge in [-0.25, -0.2) is 15.0 Å². The van der Waals surface area contributed by atoms with Crippen LogP contribution in [0.15, 0.2) is 55.0 Å². The van der Waals surface area contributed by atoms with Gasteiger partial charge in [0.2, 0.25) is 5.88 Å². The van der Waals surface area contributed by atoms with Gasteiger partial charge in [0.15, 0.2) is 0 Å². The Labute approximate surface area is 214 Å². The van der Waals surface area contributed by atoms with Gasteiger partial charge in [-0.1, -0.05) is 24.6 Å². The summed E-state index contributed by atoms with van der Waals surface area (Å²) in [7, 11) is 3.79. The van der Waals surface area contributed by atoms with E-state index in [9.17, 15) is 0 Å².